The highest BCUT2D eigenvalue weighted by Crippen LogP contribution is 2.43. The average molecular weight is 467 g/mol. The first-order chi connectivity index (χ1) is 15.6. The van der Waals surface area contributed by atoms with E-state index in [4.69, 9.17) is 4.74 Å². The van der Waals surface area contributed by atoms with Gasteiger partial charge in [-0.3, -0.25) is 9.59 Å². The molecule has 0 saturated carbocycles. The van der Waals surface area contributed by atoms with E-state index in [1.807, 2.05) is 0 Å². The Hall–Kier alpha value is -3.40. The van der Waals surface area contributed by atoms with Gasteiger partial charge in [0.15, 0.2) is 0 Å². The molecule has 2 aromatic carbocycles. The van der Waals surface area contributed by atoms with E-state index in [9.17, 15) is 27.6 Å². The minimum atomic E-state index is -5.19. The van der Waals surface area contributed by atoms with Crippen LogP contribution in [0.5, 0.6) is 0 Å². The Morgan fingerprint density at radius 1 is 0.909 bits per heavy atom. The van der Waals surface area contributed by atoms with E-state index in [1.165, 1.54) is 18.2 Å². The Morgan fingerprint density at radius 3 is 2.00 bits per heavy atom. The van der Waals surface area contributed by atoms with Crippen LogP contribution >= 0.6 is 0 Å². The molecule has 0 unspecified atom stereocenters. The van der Waals surface area contributed by atoms with Crippen LogP contribution in [0.25, 0.3) is 0 Å². The second-order valence-electron chi connectivity index (χ2n) is 7.02. The van der Waals surface area contributed by atoms with Crippen molar-refractivity contribution in [2.75, 3.05) is 14.2 Å². The molecule has 33 heavy (non-hydrogen) atoms. The highest BCUT2D eigenvalue weighted by molar-refractivity contribution is 5.84. The molecule has 7 nitrogen and oxygen atoms in total. The maximum Gasteiger partial charge on any atom is 0.432 e. The Balaban J connectivity index is 2.23. The first kappa shape index (κ1) is 25.9. The SMILES string of the molecule is COC(=O)C[C@H](CC(=O)NCc1ccccc1)OC(=O)[C@](OC)(c1ccccc1)C(F)(F)F. The zero-order valence-electron chi connectivity index (χ0n) is 18.1. The lowest BCUT2D eigenvalue weighted by molar-refractivity contribution is -0.278. The number of esters is 2. The Bertz CT molecular complexity index is 936. The van der Waals surface area contributed by atoms with Crippen LogP contribution in [0, 0.1) is 0 Å². The summed E-state index contributed by atoms with van der Waals surface area (Å²) in [7, 11) is 1.79. The molecule has 0 radical (unpaired) electrons. The van der Waals surface area contributed by atoms with Crippen LogP contribution in [0.2, 0.25) is 0 Å². The number of carbonyl (C=O) groups is 3. The number of halogens is 3. The van der Waals surface area contributed by atoms with E-state index in [0.29, 0.717) is 0 Å². The summed E-state index contributed by atoms with van der Waals surface area (Å²) in [6, 6.07) is 15.1. The number of carbonyl (C=O) groups excluding carboxylic acids is 3. The molecule has 0 fully saturated rings. The van der Waals surface area contributed by atoms with Gasteiger partial charge >= 0.3 is 18.1 Å². The van der Waals surface area contributed by atoms with Gasteiger partial charge in [0.2, 0.25) is 5.91 Å². The molecule has 1 amide bonds. The summed E-state index contributed by atoms with van der Waals surface area (Å²) in [4.78, 5) is 36.9. The van der Waals surface area contributed by atoms with E-state index in [-0.39, 0.29) is 6.54 Å². The van der Waals surface area contributed by atoms with Gasteiger partial charge in [-0.15, -0.1) is 0 Å². The van der Waals surface area contributed by atoms with Gasteiger partial charge in [0.05, 0.1) is 20.0 Å². The zero-order chi connectivity index (χ0) is 24.5. The summed E-state index contributed by atoms with van der Waals surface area (Å²) in [5.41, 5.74) is -3.16. The zero-order valence-corrected chi connectivity index (χ0v) is 18.1. The molecular formula is C23H24F3NO6. The summed E-state index contributed by atoms with van der Waals surface area (Å²) >= 11 is 0. The number of ether oxygens (including phenoxy) is 3. The van der Waals surface area contributed by atoms with Crippen molar-refractivity contribution in [1.29, 1.82) is 0 Å². The molecule has 0 aliphatic carbocycles. The molecule has 0 aliphatic heterocycles. The third-order valence-electron chi connectivity index (χ3n) is 4.81. The van der Waals surface area contributed by atoms with Crippen molar-refractivity contribution in [1.82, 2.24) is 5.32 Å². The molecule has 0 aliphatic rings. The molecule has 0 bridgehead atoms. The van der Waals surface area contributed by atoms with E-state index in [1.54, 1.807) is 30.3 Å². The van der Waals surface area contributed by atoms with Gasteiger partial charge in [-0.25, -0.2) is 4.79 Å². The van der Waals surface area contributed by atoms with Crippen molar-refractivity contribution in [2.24, 2.45) is 0 Å². The Labute approximate surface area is 188 Å². The smallest absolute Gasteiger partial charge is 0.432 e. The van der Waals surface area contributed by atoms with Gasteiger partial charge in [-0.1, -0.05) is 60.7 Å². The van der Waals surface area contributed by atoms with Gasteiger partial charge < -0.3 is 19.5 Å². The van der Waals surface area contributed by atoms with Crippen LogP contribution in [0.4, 0.5) is 13.2 Å². The maximum absolute atomic E-state index is 14.1. The molecule has 2 aromatic rings. The molecule has 0 saturated heterocycles. The molecular weight excluding hydrogens is 443 g/mol. The highest BCUT2D eigenvalue weighted by Gasteiger charge is 2.64. The van der Waals surface area contributed by atoms with Crippen LogP contribution in [0.1, 0.15) is 24.0 Å². The monoisotopic (exact) mass is 467 g/mol. The largest absolute Gasteiger partial charge is 0.469 e. The molecule has 0 aromatic heterocycles. The molecule has 2 atom stereocenters. The number of rotatable bonds is 10. The van der Waals surface area contributed by atoms with Crippen LogP contribution in [0.15, 0.2) is 60.7 Å². The third-order valence-corrected chi connectivity index (χ3v) is 4.81. The molecule has 178 valence electrons. The minimum absolute atomic E-state index is 0.146. The fourth-order valence-electron chi connectivity index (χ4n) is 3.12. The van der Waals surface area contributed by atoms with Gasteiger partial charge in [0, 0.05) is 19.2 Å². The van der Waals surface area contributed by atoms with Crippen molar-refractivity contribution in [2.45, 2.75) is 37.3 Å². The van der Waals surface area contributed by atoms with E-state index in [2.05, 4.69) is 14.8 Å². The second-order valence-corrected chi connectivity index (χ2v) is 7.02. The number of methoxy groups -OCH3 is 2. The predicted molar refractivity (Wildman–Crippen MR) is 111 cm³/mol. The van der Waals surface area contributed by atoms with Crippen molar-refractivity contribution < 1.29 is 41.8 Å². The highest BCUT2D eigenvalue weighted by atomic mass is 19.4. The number of benzene rings is 2. The van der Waals surface area contributed by atoms with Gasteiger partial charge in [-0.05, 0) is 5.56 Å². The van der Waals surface area contributed by atoms with Crippen molar-refractivity contribution in [3.63, 3.8) is 0 Å². The lowest BCUT2D eigenvalue weighted by atomic mass is 9.92. The molecule has 1 N–H and O–H groups in total. The molecule has 10 heteroatoms. The molecule has 0 heterocycles. The minimum Gasteiger partial charge on any atom is -0.469 e. The van der Waals surface area contributed by atoms with Crippen molar-refractivity contribution in [3.05, 3.63) is 71.8 Å². The molecule has 2 rings (SSSR count). The number of hydrogen-bond donors (Lipinski definition) is 1. The topological polar surface area (TPSA) is 90.9 Å². The van der Waals surface area contributed by atoms with Crippen LogP contribution in [-0.2, 0) is 40.7 Å². The lowest BCUT2D eigenvalue weighted by Gasteiger charge is -2.33. The summed E-state index contributed by atoms with van der Waals surface area (Å²) < 4.78 is 56.4. The number of nitrogens with one attached hydrogen (secondary N) is 1. The number of amides is 1. The first-order valence-electron chi connectivity index (χ1n) is 9.90. The van der Waals surface area contributed by atoms with Gasteiger partial charge in [0.25, 0.3) is 5.60 Å². The van der Waals surface area contributed by atoms with Gasteiger partial charge in [0.1, 0.15) is 6.10 Å². The van der Waals surface area contributed by atoms with E-state index < -0.39 is 54.1 Å². The summed E-state index contributed by atoms with van der Waals surface area (Å²) in [5.74, 6) is -3.29. The maximum atomic E-state index is 14.1. The van der Waals surface area contributed by atoms with E-state index in [0.717, 1.165) is 31.9 Å². The third kappa shape index (κ3) is 6.55. The van der Waals surface area contributed by atoms with Crippen molar-refractivity contribution >= 4 is 17.8 Å². The normalized spacial score (nSPS) is 14.0. The van der Waals surface area contributed by atoms with Crippen LogP contribution in [-0.4, -0.2) is 44.3 Å². The van der Waals surface area contributed by atoms with Crippen LogP contribution < -0.4 is 5.32 Å². The number of hydrogen-bond acceptors (Lipinski definition) is 6. The Kier molecular flexibility index (Phi) is 8.98. The lowest BCUT2D eigenvalue weighted by Crippen LogP contribution is -2.52. The van der Waals surface area contributed by atoms with Crippen LogP contribution in [0.3, 0.4) is 0 Å². The molecule has 0 spiro atoms. The number of alkyl halides is 3. The van der Waals surface area contributed by atoms with E-state index >= 15 is 0 Å². The fraction of sp³-hybridized carbons (Fsp3) is 0.348. The first-order valence-corrected chi connectivity index (χ1v) is 9.90. The fourth-order valence-corrected chi connectivity index (χ4v) is 3.12. The standard InChI is InChI=1S/C23H24F3NO6/c1-31-20(29)14-18(13-19(28)27-15-16-9-5-3-6-10-16)33-21(30)22(32-2,23(24,25)26)17-11-7-4-8-12-17/h3-12,18H,13-15H2,1-2H3,(H,27,28)/t18-,22+/m0/s1. The summed E-state index contributed by atoms with van der Waals surface area (Å²) in [6.45, 7) is 0.146. The predicted octanol–water partition coefficient (Wildman–Crippen LogP) is 3.27. The second kappa shape index (κ2) is 11.5. The summed E-state index contributed by atoms with van der Waals surface area (Å²) in [5, 5.41) is 2.57. The van der Waals surface area contributed by atoms with Gasteiger partial charge in [-0.2, -0.15) is 13.2 Å². The Morgan fingerprint density at radius 2 is 1.48 bits per heavy atom. The summed E-state index contributed by atoms with van der Waals surface area (Å²) in [6.07, 6.45) is -7.87. The van der Waals surface area contributed by atoms with Crippen molar-refractivity contribution in [3.8, 4) is 0 Å². The quantitative estimate of drug-likeness (QED) is 0.540. The average Bonchev–Trinajstić information content (AvgIpc) is 2.79.